The van der Waals surface area contributed by atoms with E-state index in [2.05, 4.69) is 34.4 Å². The Kier molecular flexibility index (Phi) is 2.86. The SMILES string of the molecule is C=CC1(C)CCc2nc3cc(Br)ccc3c(=O)n2C1. The number of fused-ring (bicyclic) bond motifs is 2. The lowest BCUT2D eigenvalue weighted by Gasteiger charge is -2.32. The van der Waals surface area contributed by atoms with Gasteiger partial charge < -0.3 is 0 Å². The van der Waals surface area contributed by atoms with Gasteiger partial charge in [0.15, 0.2) is 0 Å². The van der Waals surface area contributed by atoms with E-state index in [0.29, 0.717) is 11.9 Å². The molecule has 4 heteroatoms. The predicted molar refractivity (Wildman–Crippen MR) is 80.3 cm³/mol. The molecule has 2 heterocycles. The average molecular weight is 319 g/mol. The maximum Gasteiger partial charge on any atom is 0.261 e. The molecule has 0 radical (unpaired) electrons. The van der Waals surface area contributed by atoms with Gasteiger partial charge in [0.1, 0.15) is 5.82 Å². The number of allylic oxidation sites excluding steroid dienone is 1. The summed E-state index contributed by atoms with van der Waals surface area (Å²) in [4.78, 5) is 17.2. The van der Waals surface area contributed by atoms with Crippen LogP contribution in [-0.2, 0) is 13.0 Å². The van der Waals surface area contributed by atoms with Gasteiger partial charge in [-0.25, -0.2) is 4.98 Å². The van der Waals surface area contributed by atoms with Gasteiger partial charge in [0.05, 0.1) is 10.9 Å². The van der Waals surface area contributed by atoms with E-state index in [1.165, 1.54) is 0 Å². The minimum atomic E-state index is -0.0124. The standard InChI is InChI=1S/C15H15BrN2O/c1-3-15(2)7-6-13-17-12-8-10(16)4-5-11(12)14(19)18(13)9-15/h3-5,8H,1,6-7,9H2,2H3. The Morgan fingerprint density at radius 3 is 3.05 bits per heavy atom. The number of hydrogen-bond donors (Lipinski definition) is 0. The Labute approximate surface area is 120 Å². The summed E-state index contributed by atoms with van der Waals surface area (Å²) in [6.45, 7) is 6.70. The molecule has 1 aliphatic rings. The molecule has 1 aromatic carbocycles. The van der Waals surface area contributed by atoms with Gasteiger partial charge in [-0.2, -0.15) is 0 Å². The van der Waals surface area contributed by atoms with E-state index in [9.17, 15) is 4.79 Å². The van der Waals surface area contributed by atoms with Gasteiger partial charge in [0.2, 0.25) is 0 Å². The van der Waals surface area contributed by atoms with Crippen molar-refractivity contribution in [3.8, 4) is 0 Å². The summed E-state index contributed by atoms with van der Waals surface area (Å²) in [5.41, 5.74) is 0.815. The molecule has 1 aromatic heterocycles. The Balaban J connectivity index is 2.26. The summed E-state index contributed by atoms with van der Waals surface area (Å²) in [5, 5.41) is 0.681. The Bertz CT molecular complexity index is 735. The van der Waals surface area contributed by atoms with E-state index < -0.39 is 0 Å². The molecule has 0 saturated heterocycles. The monoisotopic (exact) mass is 318 g/mol. The average Bonchev–Trinajstić information content (AvgIpc) is 2.40. The molecular weight excluding hydrogens is 304 g/mol. The molecular formula is C15H15BrN2O. The smallest absolute Gasteiger partial charge is 0.261 e. The van der Waals surface area contributed by atoms with Crippen LogP contribution in [0.2, 0.25) is 0 Å². The van der Waals surface area contributed by atoms with Crippen molar-refractivity contribution in [2.75, 3.05) is 0 Å². The van der Waals surface area contributed by atoms with E-state index in [0.717, 1.165) is 28.7 Å². The van der Waals surface area contributed by atoms with Crippen molar-refractivity contribution in [1.82, 2.24) is 9.55 Å². The molecule has 0 aliphatic carbocycles. The second-order valence-corrected chi connectivity index (χ2v) is 6.35. The van der Waals surface area contributed by atoms with Crippen LogP contribution in [0.5, 0.6) is 0 Å². The zero-order valence-corrected chi connectivity index (χ0v) is 12.4. The van der Waals surface area contributed by atoms with Crippen LogP contribution in [0.1, 0.15) is 19.2 Å². The molecule has 0 fully saturated rings. The minimum absolute atomic E-state index is 0.0124. The summed E-state index contributed by atoms with van der Waals surface area (Å²) >= 11 is 3.42. The highest BCUT2D eigenvalue weighted by atomic mass is 79.9. The van der Waals surface area contributed by atoms with Crippen molar-refractivity contribution in [3.05, 3.63) is 51.5 Å². The lowest BCUT2D eigenvalue weighted by molar-refractivity contribution is 0.282. The molecule has 1 atom stereocenters. The lowest BCUT2D eigenvalue weighted by Crippen LogP contribution is -2.37. The molecule has 1 unspecified atom stereocenters. The van der Waals surface area contributed by atoms with E-state index in [1.807, 2.05) is 24.3 Å². The topological polar surface area (TPSA) is 34.9 Å². The largest absolute Gasteiger partial charge is 0.295 e. The Morgan fingerprint density at radius 2 is 2.32 bits per heavy atom. The van der Waals surface area contributed by atoms with Crippen molar-refractivity contribution < 1.29 is 0 Å². The van der Waals surface area contributed by atoms with Gasteiger partial charge in [-0.15, -0.1) is 6.58 Å². The molecule has 0 spiro atoms. The van der Waals surface area contributed by atoms with Crippen molar-refractivity contribution in [2.24, 2.45) is 5.41 Å². The number of rotatable bonds is 1. The zero-order valence-electron chi connectivity index (χ0n) is 10.8. The second-order valence-electron chi connectivity index (χ2n) is 5.44. The van der Waals surface area contributed by atoms with Gasteiger partial charge in [-0.05, 0) is 24.6 Å². The Morgan fingerprint density at radius 1 is 1.53 bits per heavy atom. The van der Waals surface area contributed by atoms with Crippen LogP contribution in [0, 0.1) is 5.41 Å². The molecule has 0 amide bonds. The fraction of sp³-hybridized carbons (Fsp3) is 0.333. The van der Waals surface area contributed by atoms with Crippen LogP contribution >= 0.6 is 15.9 Å². The first-order chi connectivity index (χ1) is 9.02. The quantitative estimate of drug-likeness (QED) is 0.756. The summed E-state index contributed by atoms with van der Waals surface area (Å²) in [6.07, 6.45) is 3.76. The van der Waals surface area contributed by atoms with E-state index in [-0.39, 0.29) is 11.0 Å². The maximum atomic E-state index is 12.6. The third-order valence-corrected chi connectivity index (χ3v) is 4.42. The van der Waals surface area contributed by atoms with E-state index in [1.54, 1.807) is 4.57 Å². The number of aryl methyl sites for hydroxylation is 1. The van der Waals surface area contributed by atoms with Gasteiger partial charge in [-0.1, -0.05) is 28.9 Å². The fourth-order valence-electron chi connectivity index (χ4n) is 2.60. The number of hydrogen-bond acceptors (Lipinski definition) is 2. The number of benzene rings is 1. The maximum absolute atomic E-state index is 12.6. The number of aromatic nitrogens is 2. The molecule has 0 N–H and O–H groups in total. The molecule has 3 rings (SSSR count). The highest BCUT2D eigenvalue weighted by molar-refractivity contribution is 9.10. The van der Waals surface area contributed by atoms with Gasteiger partial charge in [0.25, 0.3) is 5.56 Å². The first-order valence-corrected chi connectivity index (χ1v) is 7.14. The third-order valence-electron chi connectivity index (χ3n) is 3.93. The van der Waals surface area contributed by atoms with E-state index in [4.69, 9.17) is 0 Å². The molecule has 3 nitrogen and oxygen atoms in total. The number of nitrogens with zero attached hydrogens (tertiary/aromatic N) is 2. The minimum Gasteiger partial charge on any atom is -0.295 e. The van der Waals surface area contributed by atoms with Crippen molar-refractivity contribution >= 4 is 26.8 Å². The molecule has 19 heavy (non-hydrogen) atoms. The summed E-state index contributed by atoms with van der Waals surface area (Å²) in [6, 6.07) is 5.62. The zero-order chi connectivity index (χ0) is 13.6. The van der Waals surface area contributed by atoms with E-state index >= 15 is 0 Å². The van der Waals surface area contributed by atoms with Gasteiger partial charge >= 0.3 is 0 Å². The predicted octanol–water partition coefficient (Wildman–Crippen LogP) is 3.30. The summed E-state index contributed by atoms with van der Waals surface area (Å²) in [7, 11) is 0. The normalized spacial score (nSPS) is 22.2. The lowest BCUT2D eigenvalue weighted by atomic mass is 9.83. The second kappa shape index (κ2) is 4.30. The van der Waals surface area contributed by atoms with Crippen LogP contribution in [0.4, 0.5) is 0 Å². The molecule has 0 saturated carbocycles. The first kappa shape index (κ1) is 12.6. The van der Waals surface area contributed by atoms with Crippen LogP contribution < -0.4 is 5.56 Å². The molecule has 2 aromatic rings. The van der Waals surface area contributed by atoms with Crippen LogP contribution in [0.25, 0.3) is 10.9 Å². The van der Waals surface area contributed by atoms with Crippen LogP contribution in [0.15, 0.2) is 40.1 Å². The van der Waals surface area contributed by atoms with Crippen molar-refractivity contribution in [1.29, 1.82) is 0 Å². The number of halogens is 1. The molecule has 98 valence electrons. The molecule has 0 bridgehead atoms. The van der Waals surface area contributed by atoms with Crippen molar-refractivity contribution in [2.45, 2.75) is 26.3 Å². The highest BCUT2D eigenvalue weighted by Crippen LogP contribution is 2.31. The summed E-state index contributed by atoms with van der Waals surface area (Å²) in [5.74, 6) is 0.884. The third kappa shape index (κ3) is 2.04. The van der Waals surface area contributed by atoms with Gasteiger partial charge in [-0.3, -0.25) is 9.36 Å². The highest BCUT2D eigenvalue weighted by Gasteiger charge is 2.28. The summed E-state index contributed by atoms with van der Waals surface area (Å²) < 4.78 is 2.75. The van der Waals surface area contributed by atoms with Crippen molar-refractivity contribution in [3.63, 3.8) is 0 Å². The first-order valence-electron chi connectivity index (χ1n) is 6.35. The van der Waals surface area contributed by atoms with Crippen LogP contribution in [0.3, 0.4) is 0 Å². The fourth-order valence-corrected chi connectivity index (χ4v) is 2.95. The molecule has 1 aliphatic heterocycles. The Hall–Kier alpha value is -1.42. The van der Waals surface area contributed by atoms with Crippen LogP contribution in [-0.4, -0.2) is 9.55 Å². The van der Waals surface area contributed by atoms with Gasteiger partial charge in [0, 0.05) is 22.9 Å².